The molecule has 3 fully saturated rings. The van der Waals surface area contributed by atoms with Gasteiger partial charge in [0.2, 0.25) is 17.3 Å². The second kappa shape index (κ2) is 6.48. The van der Waals surface area contributed by atoms with E-state index in [1.807, 2.05) is 0 Å². The van der Waals surface area contributed by atoms with Crippen LogP contribution in [0.4, 0.5) is 13.2 Å². The Balaban J connectivity index is 1.69. The molecule has 1 aromatic rings. The van der Waals surface area contributed by atoms with Crippen LogP contribution in [0, 0.1) is 10.8 Å². The van der Waals surface area contributed by atoms with Gasteiger partial charge in [-0.25, -0.2) is 4.79 Å². The van der Waals surface area contributed by atoms with Crippen LogP contribution in [0.25, 0.3) is 0 Å². The number of rotatable bonds is 3. The zero-order valence-corrected chi connectivity index (χ0v) is 15.8. The van der Waals surface area contributed by atoms with E-state index >= 15 is 0 Å². The number of guanidine groups is 2. The van der Waals surface area contributed by atoms with Gasteiger partial charge in [0.05, 0.1) is 24.7 Å². The highest BCUT2D eigenvalue weighted by molar-refractivity contribution is 5.89. The average Bonchev–Trinajstić information content (AvgIpc) is 3.32. The number of hydrogen-bond acceptors (Lipinski definition) is 8. The van der Waals surface area contributed by atoms with E-state index in [2.05, 4.69) is 20.4 Å². The first-order chi connectivity index (χ1) is 14.3. The van der Waals surface area contributed by atoms with Crippen molar-refractivity contribution in [1.82, 2.24) is 20.9 Å². The summed E-state index contributed by atoms with van der Waals surface area (Å²) in [6.45, 7) is 0.861. The molecule has 0 bridgehead atoms. The number of furan rings is 1. The largest absolute Gasteiger partial charge is 0.449 e. The zero-order valence-electron chi connectivity index (χ0n) is 15.8. The van der Waals surface area contributed by atoms with Gasteiger partial charge in [0.15, 0.2) is 23.7 Å². The maximum absolute atomic E-state index is 12.7. The molecular weight excluding hydrogens is 429 g/mol. The highest BCUT2D eigenvalue weighted by Gasteiger charge is 2.77. The van der Waals surface area contributed by atoms with Gasteiger partial charge in [0.1, 0.15) is 0 Å². The van der Waals surface area contributed by atoms with Crippen LogP contribution >= 0.6 is 0 Å². The van der Waals surface area contributed by atoms with Gasteiger partial charge in [-0.1, -0.05) is 0 Å². The topological polar surface area (TPSA) is 187 Å². The molecule has 31 heavy (non-hydrogen) atoms. The Morgan fingerprint density at radius 3 is 2.58 bits per heavy atom. The fourth-order valence-corrected chi connectivity index (χ4v) is 4.49. The molecule has 15 heteroatoms. The van der Waals surface area contributed by atoms with Gasteiger partial charge >= 0.3 is 12.1 Å². The minimum absolute atomic E-state index is 0.336. The van der Waals surface area contributed by atoms with Crippen molar-refractivity contribution >= 4 is 17.9 Å². The summed E-state index contributed by atoms with van der Waals surface area (Å²) in [6, 6.07) is -1.78. The van der Waals surface area contributed by atoms with Crippen LogP contribution in [-0.4, -0.2) is 80.4 Å². The average molecular weight is 448 g/mol. The zero-order chi connectivity index (χ0) is 22.9. The van der Waals surface area contributed by atoms with Crippen molar-refractivity contribution in [3.63, 3.8) is 0 Å². The second-order valence-corrected chi connectivity index (χ2v) is 7.49. The number of aliphatic hydroxyl groups is 3. The van der Waals surface area contributed by atoms with E-state index in [0.29, 0.717) is 6.07 Å². The van der Waals surface area contributed by atoms with E-state index in [4.69, 9.17) is 15.6 Å². The number of carbonyl (C=O) groups is 1. The molecule has 4 heterocycles. The van der Waals surface area contributed by atoms with Crippen molar-refractivity contribution in [1.29, 1.82) is 10.8 Å². The summed E-state index contributed by atoms with van der Waals surface area (Å²) in [6.07, 6.45) is -6.61. The maximum atomic E-state index is 12.7. The quantitative estimate of drug-likeness (QED) is 0.196. The van der Waals surface area contributed by atoms with Gasteiger partial charge in [-0.3, -0.25) is 10.8 Å². The Labute approximate surface area is 172 Å². The lowest BCUT2D eigenvalue weighted by Gasteiger charge is -2.51. The highest BCUT2D eigenvalue weighted by atomic mass is 19.4. The molecule has 1 aromatic heterocycles. The molecule has 0 amide bonds. The Hall–Kier alpha value is -3.04. The summed E-state index contributed by atoms with van der Waals surface area (Å²) in [7, 11) is 0. The molecule has 0 radical (unpaired) electrons. The van der Waals surface area contributed by atoms with Gasteiger partial charge in [0.25, 0.3) is 0 Å². The molecule has 3 aliphatic heterocycles. The summed E-state index contributed by atoms with van der Waals surface area (Å²) in [4.78, 5) is 13.6. The number of hydrogen-bond donors (Lipinski definition) is 8. The van der Waals surface area contributed by atoms with Gasteiger partial charge < -0.3 is 45.3 Å². The van der Waals surface area contributed by atoms with E-state index in [-0.39, 0.29) is 11.9 Å². The Morgan fingerprint density at radius 1 is 1.32 bits per heavy atom. The molecule has 3 aliphatic rings. The fourth-order valence-electron chi connectivity index (χ4n) is 4.49. The third-order valence-corrected chi connectivity index (χ3v) is 5.73. The maximum Gasteiger partial charge on any atom is 0.449 e. The van der Waals surface area contributed by atoms with E-state index < -0.39 is 66.0 Å². The van der Waals surface area contributed by atoms with Crippen molar-refractivity contribution in [2.75, 3.05) is 6.61 Å². The van der Waals surface area contributed by atoms with E-state index in [1.165, 1.54) is 6.92 Å². The predicted molar refractivity (Wildman–Crippen MR) is 93.6 cm³/mol. The summed E-state index contributed by atoms with van der Waals surface area (Å²) in [5.74, 6) is -7.24. The standard InChI is InChI=1S/C16H19F3N6O6/c1-5-10(31-11(27)7-2-3-8(30-7)16(17,18)19)15(28,29)14-9(23-12(20)24-14)6(4-26)22-13(21)25(5)14/h2-3,5-6,9-10,26,28-29H,4H2,1H3,(H2,21,22)(H3,20,23,24)/t5-,6-,9-,10?,14-/m0/s1. The molecule has 0 saturated carbocycles. The lowest BCUT2D eigenvalue weighted by molar-refractivity contribution is -0.259. The van der Waals surface area contributed by atoms with E-state index in [0.717, 1.165) is 11.0 Å². The molecule has 0 aromatic carbocycles. The SMILES string of the molecule is C[C@H]1C(OC(=O)c2ccc(C(F)(F)F)o2)C(O)(O)[C@]23NC(=N)N[C@H]2[C@H](CO)NC(=N)N13. The number of aliphatic hydroxyl groups excluding tert-OH is 1. The molecule has 12 nitrogen and oxygen atoms in total. The number of ether oxygens (including phenoxy) is 1. The van der Waals surface area contributed by atoms with Crippen LogP contribution < -0.4 is 16.0 Å². The summed E-state index contributed by atoms with van der Waals surface area (Å²) < 4.78 is 47.8. The molecule has 1 spiro atoms. The molecule has 0 aliphatic carbocycles. The first kappa shape index (κ1) is 21.2. The predicted octanol–water partition coefficient (Wildman–Crippen LogP) is -1.70. The molecular formula is C16H19F3N6O6. The van der Waals surface area contributed by atoms with Crippen LogP contribution in [0.1, 0.15) is 23.2 Å². The lowest BCUT2D eigenvalue weighted by Crippen LogP contribution is -2.81. The minimum atomic E-state index is -4.83. The number of nitrogens with zero attached hydrogens (tertiary/aromatic N) is 1. The van der Waals surface area contributed by atoms with Gasteiger partial charge in [-0.05, 0) is 19.1 Å². The molecule has 3 saturated heterocycles. The summed E-state index contributed by atoms with van der Waals surface area (Å²) in [5.41, 5.74) is -2.00. The lowest BCUT2D eigenvalue weighted by atomic mass is 9.85. The fraction of sp³-hybridized carbons (Fsp3) is 0.562. The van der Waals surface area contributed by atoms with Crippen molar-refractivity contribution < 1.29 is 42.4 Å². The van der Waals surface area contributed by atoms with Crippen molar-refractivity contribution in [3.05, 3.63) is 23.7 Å². The van der Waals surface area contributed by atoms with Crippen molar-refractivity contribution in [2.45, 2.75) is 48.8 Å². The van der Waals surface area contributed by atoms with Crippen LogP contribution in [0.2, 0.25) is 0 Å². The van der Waals surface area contributed by atoms with Gasteiger partial charge in [-0.15, -0.1) is 0 Å². The molecule has 1 unspecified atom stereocenters. The molecule has 170 valence electrons. The Bertz CT molecular complexity index is 951. The first-order valence-corrected chi connectivity index (χ1v) is 9.06. The van der Waals surface area contributed by atoms with Crippen molar-refractivity contribution in [3.8, 4) is 0 Å². The first-order valence-electron chi connectivity index (χ1n) is 9.06. The number of halogens is 3. The Kier molecular flexibility index (Phi) is 4.43. The molecule has 5 atom stereocenters. The molecule has 8 N–H and O–H groups in total. The summed E-state index contributed by atoms with van der Waals surface area (Å²) >= 11 is 0. The van der Waals surface area contributed by atoms with Crippen molar-refractivity contribution in [2.24, 2.45) is 0 Å². The monoisotopic (exact) mass is 448 g/mol. The van der Waals surface area contributed by atoms with Crippen LogP contribution in [0.5, 0.6) is 0 Å². The Morgan fingerprint density at radius 2 is 2.00 bits per heavy atom. The third-order valence-electron chi connectivity index (χ3n) is 5.73. The number of esters is 1. The van der Waals surface area contributed by atoms with Crippen LogP contribution in [-0.2, 0) is 10.9 Å². The number of nitrogens with one attached hydrogen (secondary N) is 5. The minimum Gasteiger partial charge on any atom is -0.448 e. The number of carbonyl (C=O) groups excluding carboxylic acids is 1. The van der Waals surface area contributed by atoms with E-state index in [9.17, 15) is 33.3 Å². The van der Waals surface area contributed by atoms with Gasteiger partial charge in [0, 0.05) is 0 Å². The van der Waals surface area contributed by atoms with Gasteiger partial charge in [-0.2, -0.15) is 13.2 Å². The second-order valence-electron chi connectivity index (χ2n) is 7.49. The molecule has 4 rings (SSSR count). The third kappa shape index (κ3) is 2.76. The van der Waals surface area contributed by atoms with Crippen LogP contribution in [0.3, 0.4) is 0 Å². The van der Waals surface area contributed by atoms with Crippen LogP contribution in [0.15, 0.2) is 16.5 Å². The van der Waals surface area contributed by atoms with E-state index in [1.54, 1.807) is 0 Å². The smallest absolute Gasteiger partial charge is 0.448 e. The highest BCUT2D eigenvalue weighted by Crippen LogP contribution is 2.47. The number of alkyl halides is 3. The normalized spacial score (nSPS) is 33.8. The summed E-state index contributed by atoms with van der Waals surface area (Å²) in [5, 5.41) is 55.8.